The van der Waals surface area contributed by atoms with Crippen LogP contribution in [0.4, 0.5) is 0 Å². The third-order valence-electron chi connectivity index (χ3n) is 1.61. The molecule has 2 heterocycles. The summed E-state index contributed by atoms with van der Waals surface area (Å²) >= 11 is 8.78. The highest BCUT2D eigenvalue weighted by Crippen LogP contribution is 2.32. The Bertz CT molecular complexity index is 473. The van der Waals surface area contributed by atoms with E-state index in [2.05, 4.69) is 9.97 Å². The van der Waals surface area contributed by atoms with E-state index in [0.717, 1.165) is 4.21 Å². The van der Waals surface area contributed by atoms with Crippen molar-refractivity contribution in [2.24, 2.45) is 0 Å². The summed E-state index contributed by atoms with van der Waals surface area (Å²) in [7, 11) is 0. The van der Waals surface area contributed by atoms with Crippen LogP contribution in [0, 0.1) is 0 Å². The van der Waals surface area contributed by atoms with Gasteiger partial charge in [-0.3, -0.25) is 4.79 Å². The van der Waals surface area contributed by atoms with Crippen LogP contribution in [0.15, 0.2) is 33.1 Å². The van der Waals surface area contributed by atoms with Crippen LogP contribution in [-0.2, 0) is 0 Å². The molecule has 15 heavy (non-hydrogen) atoms. The van der Waals surface area contributed by atoms with Gasteiger partial charge in [-0.05, 0) is 11.4 Å². The van der Waals surface area contributed by atoms with E-state index in [-0.39, 0.29) is 5.15 Å². The van der Waals surface area contributed by atoms with Crippen LogP contribution in [0.1, 0.15) is 10.4 Å². The fourth-order valence-electron chi connectivity index (χ4n) is 0.957. The van der Waals surface area contributed by atoms with E-state index in [1.807, 2.05) is 17.5 Å². The van der Waals surface area contributed by atoms with Gasteiger partial charge in [-0.25, -0.2) is 9.97 Å². The molecule has 0 radical (unpaired) electrons. The van der Waals surface area contributed by atoms with Gasteiger partial charge in [0.15, 0.2) is 6.29 Å². The minimum Gasteiger partial charge on any atom is -0.298 e. The van der Waals surface area contributed by atoms with Crippen LogP contribution < -0.4 is 0 Å². The van der Waals surface area contributed by atoms with Crippen LogP contribution in [0.2, 0.25) is 5.15 Å². The maximum atomic E-state index is 10.8. The molecule has 0 saturated carbocycles. The lowest BCUT2D eigenvalue weighted by Crippen LogP contribution is -1.93. The van der Waals surface area contributed by atoms with E-state index < -0.39 is 0 Å². The van der Waals surface area contributed by atoms with Gasteiger partial charge in [0.1, 0.15) is 16.5 Å². The van der Waals surface area contributed by atoms with E-state index in [9.17, 15) is 4.79 Å². The molecule has 0 aliphatic rings. The standard InChI is InChI=1S/C9H5ClN2OS2/c10-8-6(4-13)9(12-5-11-8)15-7-2-1-3-14-7/h1-5H. The normalized spacial score (nSPS) is 10.2. The number of hydrogen-bond donors (Lipinski definition) is 0. The van der Waals surface area contributed by atoms with Gasteiger partial charge in [-0.15, -0.1) is 11.3 Å². The second-order valence-electron chi connectivity index (χ2n) is 2.54. The van der Waals surface area contributed by atoms with E-state index in [0.29, 0.717) is 16.9 Å². The molecule has 0 aromatic carbocycles. The van der Waals surface area contributed by atoms with Crippen molar-refractivity contribution in [2.75, 3.05) is 0 Å². The van der Waals surface area contributed by atoms with Crippen molar-refractivity contribution in [1.82, 2.24) is 9.97 Å². The topological polar surface area (TPSA) is 42.9 Å². The van der Waals surface area contributed by atoms with Crippen molar-refractivity contribution in [3.8, 4) is 0 Å². The van der Waals surface area contributed by atoms with Crippen LogP contribution in [0.25, 0.3) is 0 Å². The highest BCUT2D eigenvalue weighted by Gasteiger charge is 2.10. The summed E-state index contributed by atoms with van der Waals surface area (Å²) in [5.74, 6) is 0. The summed E-state index contributed by atoms with van der Waals surface area (Å²) in [5, 5.41) is 2.75. The van der Waals surface area contributed by atoms with Crippen molar-refractivity contribution in [1.29, 1.82) is 0 Å². The first-order valence-corrected chi connectivity index (χ1v) is 6.05. The SMILES string of the molecule is O=Cc1c(Cl)ncnc1Sc1cccs1. The summed E-state index contributed by atoms with van der Waals surface area (Å²) in [6.45, 7) is 0. The van der Waals surface area contributed by atoms with Crippen molar-refractivity contribution >= 4 is 41.0 Å². The molecule has 2 rings (SSSR count). The Morgan fingerprint density at radius 2 is 2.33 bits per heavy atom. The van der Waals surface area contributed by atoms with E-state index >= 15 is 0 Å². The Morgan fingerprint density at radius 3 is 3.00 bits per heavy atom. The van der Waals surface area contributed by atoms with Gasteiger partial charge >= 0.3 is 0 Å². The molecule has 0 aliphatic carbocycles. The van der Waals surface area contributed by atoms with Gasteiger partial charge < -0.3 is 0 Å². The lowest BCUT2D eigenvalue weighted by Gasteiger charge is -2.01. The van der Waals surface area contributed by atoms with Crippen LogP contribution in [0.3, 0.4) is 0 Å². The Kier molecular flexibility index (Phi) is 3.35. The molecule has 0 amide bonds. The molecule has 0 N–H and O–H groups in total. The average Bonchev–Trinajstić information content (AvgIpc) is 2.71. The van der Waals surface area contributed by atoms with Crippen LogP contribution >= 0.6 is 34.7 Å². The molecule has 0 bridgehead atoms. The highest BCUT2D eigenvalue weighted by atomic mass is 35.5. The lowest BCUT2D eigenvalue weighted by molar-refractivity contribution is 0.112. The molecule has 76 valence electrons. The Hall–Kier alpha value is -0.910. The number of hydrogen-bond acceptors (Lipinski definition) is 5. The fraction of sp³-hybridized carbons (Fsp3) is 0. The molecule has 6 heteroatoms. The molecule has 0 spiro atoms. The zero-order valence-electron chi connectivity index (χ0n) is 7.38. The first-order valence-electron chi connectivity index (χ1n) is 3.98. The second kappa shape index (κ2) is 4.74. The molecule has 3 nitrogen and oxygen atoms in total. The highest BCUT2D eigenvalue weighted by molar-refractivity contribution is 8.01. The van der Waals surface area contributed by atoms with Crippen molar-refractivity contribution in [2.45, 2.75) is 9.24 Å². The van der Waals surface area contributed by atoms with E-state index in [4.69, 9.17) is 11.6 Å². The summed E-state index contributed by atoms with van der Waals surface area (Å²) in [6.07, 6.45) is 2.03. The smallest absolute Gasteiger partial charge is 0.155 e. The van der Waals surface area contributed by atoms with E-state index in [1.165, 1.54) is 18.1 Å². The summed E-state index contributed by atoms with van der Waals surface area (Å²) in [6, 6.07) is 3.90. The third kappa shape index (κ3) is 2.37. The number of nitrogens with zero attached hydrogens (tertiary/aromatic N) is 2. The number of thiophene rings is 1. The fourth-order valence-corrected chi connectivity index (χ4v) is 2.93. The zero-order chi connectivity index (χ0) is 10.7. The molecule has 0 fully saturated rings. The lowest BCUT2D eigenvalue weighted by atomic mass is 10.4. The molecule has 0 atom stereocenters. The van der Waals surface area contributed by atoms with E-state index in [1.54, 1.807) is 11.3 Å². The van der Waals surface area contributed by atoms with Crippen LogP contribution in [-0.4, -0.2) is 16.3 Å². The van der Waals surface area contributed by atoms with Gasteiger partial charge in [0.2, 0.25) is 0 Å². The van der Waals surface area contributed by atoms with Gasteiger partial charge in [0.25, 0.3) is 0 Å². The molecular weight excluding hydrogens is 252 g/mol. The second-order valence-corrected chi connectivity index (χ2v) is 5.13. The largest absolute Gasteiger partial charge is 0.298 e. The predicted molar refractivity (Wildman–Crippen MR) is 60.9 cm³/mol. The number of aromatic nitrogens is 2. The van der Waals surface area contributed by atoms with Gasteiger partial charge in [-0.2, -0.15) is 0 Å². The number of carbonyl (C=O) groups is 1. The first-order chi connectivity index (χ1) is 7.31. The number of aldehydes is 1. The molecule has 2 aromatic heterocycles. The molecule has 2 aromatic rings. The monoisotopic (exact) mass is 256 g/mol. The summed E-state index contributed by atoms with van der Waals surface area (Å²) in [5.41, 5.74) is 0.345. The van der Waals surface area contributed by atoms with Gasteiger partial charge in [-0.1, -0.05) is 29.4 Å². The van der Waals surface area contributed by atoms with Gasteiger partial charge in [0, 0.05) is 0 Å². The Balaban J connectivity index is 2.36. The third-order valence-corrected chi connectivity index (χ3v) is 3.97. The number of carbonyl (C=O) groups excluding carboxylic acids is 1. The maximum absolute atomic E-state index is 10.8. The van der Waals surface area contributed by atoms with Crippen molar-refractivity contribution < 1.29 is 4.79 Å². The average molecular weight is 257 g/mol. The molecule has 0 aliphatic heterocycles. The van der Waals surface area contributed by atoms with Crippen molar-refractivity contribution in [3.05, 3.63) is 34.6 Å². The molecular formula is C9H5ClN2OS2. The molecule has 0 unspecified atom stereocenters. The van der Waals surface area contributed by atoms with Crippen LogP contribution in [0.5, 0.6) is 0 Å². The number of rotatable bonds is 3. The first kappa shape index (κ1) is 10.6. The van der Waals surface area contributed by atoms with Crippen molar-refractivity contribution in [3.63, 3.8) is 0 Å². The predicted octanol–water partition coefficient (Wildman–Crippen LogP) is 3.16. The Labute approximate surface area is 99.5 Å². The molecule has 0 saturated heterocycles. The number of halogens is 1. The Morgan fingerprint density at radius 1 is 1.47 bits per heavy atom. The van der Waals surface area contributed by atoms with Gasteiger partial charge in [0.05, 0.1) is 9.77 Å². The summed E-state index contributed by atoms with van der Waals surface area (Å²) in [4.78, 5) is 18.6. The minimum atomic E-state index is 0.194. The quantitative estimate of drug-likeness (QED) is 0.625. The summed E-state index contributed by atoms with van der Waals surface area (Å²) < 4.78 is 1.06. The zero-order valence-corrected chi connectivity index (χ0v) is 9.77. The maximum Gasteiger partial charge on any atom is 0.155 e. The minimum absolute atomic E-state index is 0.194.